The maximum absolute atomic E-state index is 13.2. The van der Waals surface area contributed by atoms with Crippen molar-refractivity contribution in [2.75, 3.05) is 0 Å². The molecule has 0 bridgehead atoms. The Kier molecular flexibility index (Phi) is 4.70. The Bertz CT molecular complexity index is 479. The molecule has 0 saturated heterocycles. The average molecular weight is 311 g/mol. The minimum absolute atomic E-state index is 0.0394. The number of benzene rings is 1. The number of ketones is 1. The van der Waals surface area contributed by atoms with Gasteiger partial charge in [0.15, 0.2) is 5.78 Å². The molecule has 0 radical (unpaired) electrons. The molecule has 0 N–H and O–H groups in total. The zero-order valence-electron chi connectivity index (χ0n) is 10.2. The molecule has 0 saturated carbocycles. The maximum Gasteiger partial charge on any atom is 0.188 e. The smallest absolute Gasteiger partial charge is 0.188 e. The summed E-state index contributed by atoms with van der Waals surface area (Å²) in [6.07, 6.45) is 8.54. The fourth-order valence-corrected chi connectivity index (χ4v) is 2.60. The Morgan fingerprint density at radius 3 is 2.72 bits per heavy atom. The van der Waals surface area contributed by atoms with Crippen LogP contribution in [-0.2, 0) is 0 Å². The molecule has 96 valence electrons. The van der Waals surface area contributed by atoms with E-state index in [1.807, 2.05) is 0 Å². The lowest BCUT2D eigenvalue weighted by atomic mass is 9.94. The van der Waals surface area contributed by atoms with Crippen molar-refractivity contribution in [1.29, 1.82) is 0 Å². The second kappa shape index (κ2) is 6.28. The van der Waals surface area contributed by atoms with Gasteiger partial charge in [-0.2, -0.15) is 0 Å². The topological polar surface area (TPSA) is 17.1 Å². The van der Waals surface area contributed by atoms with Crippen LogP contribution in [0.25, 0.3) is 0 Å². The minimum atomic E-state index is -0.335. The fourth-order valence-electron chi connectivity index (χ4n) is 2.22. The maximum atomic E-state index is 13.2. The van der Waals surface area contributed by atoms with Crippen LogP contribution in [0.3, 0.4) is 0 Å². The normalized spacial score (nSPS) is 19.6. The molecular formula is C15H16BrFO. The standard InChI is InChI=1S/C15H16BrFO/c16-13-10-12(8-9-14(13)17)15(18)11-6-4-2-1-3-5-7-11/h6,8-10H,1-5,7H2/b11-6+. The highest BCUT2D eigenvalue weighted by atomic mass is 79.9. The van der Waals surface area contributed by atoms with Gasteiger partial charge >= 0.3 is 0 Å². The summed E-state index contributed by atoms with van der Waals surface area (Å²) in [6, 6.07) is 4.46. The lowest BCUT2D eigenvalue weighted by Gasteiger charge is -2.10. The predicted octanol–water partition coefficient (Wildman–Crippen LogP) is 5.05. The molecule has 18 heavy (non-hydrogen) atoms. The Balaban J connectivity index is 2.21. The summed E-state index contributed by atoms with van der Waals surface area (Å²) < 4.78 is 13.5. The van der Waals surface area contributed by atoms with E-state index in [1.54, 1.807) is 12.1 Å². The molecule has 0 unspecified atom stereocenters. The van der Waals surface area contributed by atoms with Crippen LogP contribution in [-0.4, -0.2) is 5.78 Å². The van der Waals surface area contributed by atoms with Crippen molar-refractivity contribution in [3.63, 3.8) is 0 Å². The first kappa shape index (κ1) is 13.5. The van der Waals surface area contributed by atoms with E-state index in [1.165, 1.54) is 18.9 Å². The second-order valence-corrected chi connectivity index (χ2v) is 5.49. The van der Waals surface area contributed by atoms with Gasteiger partial charge in [0.1, 0.15) is 5.82 Å². The summed E-state index contributed by atoms with van der Waals surface area (Å²) in [5, 5.41) is 0. The van der Waals surface area contributed by atoms with E-state index in [2.05, 4.69) is 22.0 Å². The Hall–Kier alpha value is -0.960. The molecule has 3 heteroatoms. The van der Waals surface area contributed by atoms with Crippen molar-refractivity contribution in [3.8, 4) is 0 Å². The number of carbonyl (C=O) groups is 1. The number of hydrogen-bond donors (Lipinski definition) is 0. The van der Waals surface area contributed by atoms with Gasteiger partial charge in [-0.15, -0.1) is 0 Å². The number of rotatable bonds is 2. The molecule has 1 nitrogen and oxygen atoms in total. The van der Waals surface area contributed by atoms with Gasteiger partial charge in [0.05, 0.1) is 4.47 Å². The summed E-state index contributed by atoms with van der Waals surface area (Å²) in [5.41, 5.74) is 1.45. The van der Waals surface area contributed by atoms with Crippen molar-refractivity contribution in [2.45, 2.75) is 38.5 Å². The highest BCUT2D eigenvalue weighted by molar-refractivity contribution is 9.10. The van der Waals surface area contributed by atoms with Gasteiger partial charge in [-0.25, -0.2) is 4.39 Å². The first-order valence-electron chi connectivity index (χ1n) is 6.37. The zero-order valence-corrected chi connectivity index (χ0v) is 11.8. The number of hydrogen-bond acceptors (Lipinski definition) is 1. The number of carbonyl (C=O) groups excluding carboxylic acids is 1. The van der Waals surface area contributed by atoms with Crippen molar-refractivity contribution in [1.82, 2.24) is 0 Å². The van der Waals surface area contributed by atoms with Crippen LogP contribution in [0.4, 0.5) is 4.39 Å². The van der Waals surface area contributed by atoms with Crippen LogP contribution in [0.2, 0.25) is 0 Å². The van der Waals surface area contributed by atoms with Gasteiger partial charge in [-0.1, -0.05) is 18.9 Å². The van der Waals surface area contributed by atoms with Crippen LogP contribution < -0.4 is 0 Å². The van der Waals surface area contributed by atoms with Gasteiger partial charge in [0.25, 0.3) is 0 Å². The van der Waals surface area contributed by atoms with Gasteiger partial charge in [-0.05, 0) is 65.4 Å². The summed E-state index contributed by atoms with van der Waals surface area (Å²) in [4.78, 5) is 12.3. The van der Waals surface area contributed by atoms with Gasteiger partial charge in [0, 0.05) is 5.56 Å². The zero-order chi connectivity index (χ0) is 13.0. The summed E-state index contributed by atoms with van der Waals surface area (Å²) in [7, 11) is 0. The molecule has 2 rings (SSSR count). The second-order valence-electron chi connectivity index (χ2n) is 4.64. The van der Waals surface area contributed by atoms with E-state index in [-0.39, 0.29) is 11.6 Å². The van der Waals surface area contributed by atoms with Gasteiger partial charge in [-0.3, -0.25) is 4.79 Å². The van der Waals surface area contributed by atoms with Crippen LogP contribution in [0.1, 0.15) is 48.9 Å². The quantitative estimate of drug-likeness (QED) is 0.698. The van der Waals surface area contributed by atoms with Crippen molar-refractivity contribution in [2.24, 2.45) is 0 Å². The minimum Gasteiger partial charge on any atom is -0.289 e. The Morgan fingerprint density at radius 2 is 1.94 bits per heavy atom. The van der Waals surface area contributed by atoms with Gasteiger partial charge in [0.2, 0.25) is 0 Å². The highest BCUT2D eigenvalue weighted by Gasteiger charge is 2.14. The molecule has 1 aliphatic carbocycles. The third kappa shape index (κ3) is 3.29. The molecule has 1 aromatic rings. The third-order valence-corrected chi connectivity index (χ3v) is 3.87. The van der Waals surface area contributed by atoms with Crippen molar-refractivity contribution < 1.29 is 9.18 Å². The van der Waals surface area contributed by atoms with E-state index in [4.69, 9.17) is 0 Å². The van der Waals surface area contributed by atoms with E-state index in [0.29, 0.717) is 10.0 Å². The molecule has 0 fully saturated rings. The van der Waals surface area contributed by atoms with E-state index >= 15 is 0 Å². The molecule has 0 aromatic heterocycles. The molecule has 0 atom stereocenters. The highest BCUT2D eigenvalue weighted by Crippen LogP contribution is 2.23. The van der Waals surface area contributed by atoms with Crippen LogP contribution in [0, 0.1) is 5.82 Å². The molecule has 0 amide bonds. The lowest BCUT2D eigenvalue weighted by molar-refractivity contribution is 0.102. The molecule has 1 aliphatic rings. The summed E-state index contributed by atoms with van der Waals surface area (Å²) in [6.45, 7) is 0. The summed E-state index contributed by atoms with van der Waals surface area (Å²) >= 11 is 3.12. The van der Waals surface area contributed by atoms with Crippen LogP contribution in [0.15, 0.2) is 34.3 Å². The number of allylic oxidation sites excluding steroid dienone is 2. The summed E-state index contributed by atoms with van der Waals surface area (Å²) in [5.74, 6) is -0.296. The number of Topliss-reactive ketones (excluding diaryl/α,β-unsaturated/α-hetero) is 1. The van der Waals surface area contributed by atoms with Crippen molar-refractivity contribution >= 4 is 21.7 Å². The Morgan fingerprint density at radius 1 is 1.17 bits per heavy atom. The molecule has 0 spiro atoms. The largest absolute Gasteiger partial charge is 0.289 e. The van der Waals surface area contributed by atoms with E-state index in [0.717, 1.165) is 31.3 Å². The van der Waals surface area contributed by atoms with Gasteiger partial charge < -0.3 is 0 Å². The predicted molar refractivity (Wildman–Crippen MR) is 74.2 cm³/mol. The van der Waals surface area contributed by atoms with Crippen molar-refractivity contribution in [3.05, 3.63) is 45.7 Å². The first-order valence-corrected chi connectivity index (χ1v) is 7.16. The molecule has 0 aliphatic heterocycles. The first-order chi connectivity index (χ1) is 8.68. The molecule has 0 heterocycles. The Labute approximate surface area is 115 Å². The van der Waals surface area contributed by atoms with Crippen LogP contribution in [0.5, 0.6) is 0 Å². The average Bonchev–Trinajstić information content (AvgIpc) is 2.31. The lowest BCUT2D eigenvalue weighted by Crippen LogP contribution is -2.05. The number of halogens is 2. The monoisotopic (exact) mass is 310 g/mol. The molecular weight excluding hydrogens is 295 g/mol. The SMILES string of the molecule is O=C(/C1=C/CCCCCC1)c1ccc(F)c(Br)c1. The van der Waals surface area contributed by atoms with E-state index in [9.17, 15) is 9.18 Å². The third-order valence-electron chi connectivity index (χ3n) is 3.26. The van der Waals surface area contributed by atoms with E-state index < -0.39 is 0 Å². The molecule has 1 aromatic carbocycles. The fraction of sp³-hybridized carbons (Fsp3) is 0.400. The van der Waals surface area contributed by atoms with Crippen LogP contribution >= 0.6 is 15.9 Å².